The largest absolute Gasteiger partial charge is 0.272 e. The average molecular weight is 556 g/mol. The number of rotatable bonds is 7. The summed E-state index contributed by atoms with van der Waals surface area (Å²) < 4.78 is 2.95. The summed E-state index contributed by atoms with van der Waals surface area (Å²) in [4.78, 5) is 12.6. The SMILES string of the molecule is C/C(=N\NC(=O)CSc1nnc(-c2ccc(Br)cc2)n1-c1ccccc1)c1ccc2ccccc2c1. The minimum Gasteiger partial charge on any atom is -0.272 e. The number of halogens is 1. The standard InChI is InChI=1S/C28H22BrN5OS/c1-19(22-12-11-20-7-5-6-8-23(20)17-22)30-31-26(35)18-36-28-33-32-27(21-13-15-24(29)16-14-21)34(28)25-9-3-2-4-10-25/h2-17H,18H2,1H3,(H,31,35)/b30-19+. The maximum atomic E-state index is 12.6. The lowest BCUT2D eigenvalue weighted by Crippen LogP contribution is -2.21. The van der Waals surface area contributed by atoms with Crippen LogP contribution in [0.25, 0.3) is 27.8 Å². The molecule has 0 atom stereocenters. The number of aromatic nitrogens is 3. The molecule has 0 saturated carbocycles. The van der Waals surface area contributed by atoms with Gasteiger partial charge >= 0.3 is 0 Å². The van der Waals surface area contributed by atoms with Crippen LogP contribution < -0.4 is 5.43 Å². The van der Waals surface area contributed by atoms with E-state index in [1.807, 2.05) is 84.3 Å². The summed E-state index contributed by atoms with van der Waals surface area (Å²) >= 11 is 4.79. The molecule has 0 aliphatic heterocycles. The Morgan fingerprint density at radius 1 is 0.917 bits per heavy atom. The van der Waals surface area contributed by atoms with E-state index >= 15 is 0 Å². The van der Waals surface area contributed by atoms with Gasteiger partial charge in [-0.15, -0.1) is 10.2 Å². The highest BCUT2D eigenvalue weighted by molar-refractivity contribution is 9.10. The molecule has 1 heterocycles. The number of nitrogens with one attached hydrogen (secondary N) is 1. The third kappa shape index (κ3) is 5.40. The molecule has 0 fully saturated rings. The van der Waals surface area contributed by atoms with Gasteiger partial charge < -0.3 is 0 Å². The Hall–Kier alpha value is -3.75. The molecule has 5 rings (SSSR count). The molecule has 4 aromatic carbocycles. The van der Waals surface area contributed by atoms with Crippen molar-refractivity contribution in [2.45, 2.75) is 12.1 Å². The molecule has 1 N–H and O–H groups in total. The molecule has 178 valence electrons. The fourth-order valence-corrected chi connectivity index (χ4v) is 4.76. The molecule has 0 aliphatic rings. The minimum atomic E-state index is -0.215. The molecule has 1 aromatic heterocycles. The molecule has 36 heavy (non-hydrogen) atoms. The van der Waals surface area contributed by atoms with Gasteiger partial charge in [0.2, 0.25) is 0 Å². The average Bonchev–Trinajstić information content (AvgIpc) is 3.35. The van der Waals surface area contributed by atoms with E-state index in [0.29, 0.717) is 11.0 Å². The molecule has 0 aliphatic carbocycles. The molecule has 1 amide bonds. The normalized spacial score (nSPS) is 11.6. The summed E-state index contributed by atoms with van der Waals surface area (Å²) in [5.41, 5.74) is 6.23. The Balaban J connectivity index is 1.31. The summed E-state index contributed by atoms with van der Waals surface area (Å²) in [6.45, 7) is 1.88. The van der Waals surface area contributed by atoms with E-state index < -0.39 is 0 Å². The minimum absolute atomic E-state index is 0.153. The Kier molecular flexibility index (Phi) is 7.25. The van der Waals surface area contributed by atoms with Crippen LogP contribution in [0.15, 0.2) is 112 Å². The Morgan fingerprint density at radius 2 is 1.64 bits per heavy atom. The van der Waals surface area contributed by atoms with Crippen LogP contribution in [0, 0.1) is 0 Å². The number of amides is 1. The van der Waals surface area contributed by atoms with Crippen molar-refractivity contribution in [2.75, 3.05) is 5.75 Å². The number of hydrogen-bond acceptors (Lipinski definition) is 5. The summed E-state index contributed by atoms with van der Waals surface area (Å²) in [5.74, 6) is 0.648. The molecule has 0 radical (unpaired) electrons. The molecule has 0 saturated heterocycles. The lowest BCUT2D eigenvalue weighted by atomic mass is 10.0. The number of thioether (sulfide) groups is 1. The Labute approximate surface area is 221 Å². The van der Waals surface area contributed by atoms with Crippen molar-refractivity contribution in [2.24, 2.45) is 5.10 Å². The second-order valence-electron chi connectivity index (χ2n) is 8.07. The number of carbonyl (C=O) groups is 1. The molecule has 8 heteroatoms. The van der Waals surface area contributed by atoms with Crippen LogP contribution in [0.5, 0.6) is 0 Å². The van der Waals surface area contributed by atoms with Crippen molar-refractivity contribution in [3.8, 4) is 17.1 Å². The van der Waals surface area contributed by atoms with Gasteiger partial charge in [-0.05, 0) is 53.6 Å². The number of benzene rings is 4. The van der Waals surface area contributed by atoms with E-state index in [1.54, 1.807) is 0 Å². The van der Waals surface area contributed by atoms with Crippen LogP contribution in [-0.4, -0.2) is 32.1 Å². The topological polar surface area (TPSA) is 72.2 Å². The fraction of sp³-hybridized carbons (Fsp3) is 0.0714. The van der Waals surface area contributed by atoms with Gasteiger partial charge in [-0.25, -0.2) is 5.43 Å². The third-order valence-electron chi connectivity index (χ3n) is 5.60. The number of hydrazone groups is 1. The molecular weight excluding hydrogens is 534 g/mol. The van der Waals surface area contributed by atoms with Gasteiger partial charge in [0.1, 0.15) is 0 Å². The first-order chi connectivity index (χ1) is 17.6. The fourth-order valence-electron chi connectivity index (χ4n) is 3.75. The zero-order chi connectivity index (χ0) is 24.9. The van der Waals surface area contributed by atoms with E-state index in [4.69, 9.17) is 0 Å². The lowest BCUT2D eigenvalue weighted by Gasteiger charge is -2.10. The van der Waals surface area contributed by atoms with Crippen LogP contribution in [0.2, 0.25) is 0 Å². The lowest BCUT2D eigenvalue weighted by molar-refractivity contribution is -0.118. The van der Waals surface area contributed by atoms with Crippen molar-refractivity contribution in [3.63, 3.8) is 0 Å². The van der Waals surface area contributed by atoms with Crippen molar-refractivity contribution < 1.29 is 4.79 Å². The van der Waals surface area contributed by atoms with E-state index in [2.05, 4.69) is 60.9 Å². The van der Waals surface area contributed by atoms with Crippen LogP contribution >= 0.6 is 27.7 Å². The second kappa shape index (κ2) is 10.9. The van der Waals surface area contributed by atoms with Crippen LogP contribution in [0.1, 0.15) is 12.5 Å². The molecular formula is C28H22BrN5OS. The summed E-state index contributed by atoms with van der Waals surface area (Å²) in [6, 6.07) is 32.1. The number of carbonyl (C=O) groups excluding carboxylic acids is 1. The molecule has 0 unspecified atom stereocenters. The van der Waals surface area contributed by atoms with Gasteiger partial charge in [0.05, 0.1) is 11.5 Å². The summed E-state index contributed by atoms with van der Waals surface area (Å²) in [6.07, 6.45) is 0. The highest BCUT2D eigenvalue weighted by Gasteiger charge is 2.17. The molecule has 0 spiro atoms. The van der Waals surface area contributed by atoms with Gasteiger partial charge in [0, 0.05) is 15.7 Å². The monoisotopic (exact) mass is 555 g/mol. The van der Waals surface area contributed by atoms with Crippen LogP contribution in [0.4, 0.5) is 0 Å². The van der Waals surface area contributed by atoms with Gasteiger partial charge in [-0.1, -0.05) is 94.4 Å². The predicted molar refractivity (Wildman–Crippen MR) is 150 cm³/mol. The quantitative estimate of drug-likeness (QED) is 0.142. The smallest absolute Gasteiger partial charge is 0.250 e. The van der Waals surface area contributed by atoms with Gasteiger partial charge in [-0.3, -0.25) is 9.36 Å². The zero-order valence-electron chi connectivity index (χ0n) is 19.4. The number of fused-ring (bicyclic) bond motifs is 1. The predicted octanol–water partition coefficient (Wildman–Crippen LogP) is 6.48. The third-order valence-corrected chi connectivity index (χ3v) is 7.06. The second-order valence-corrected chi connectivity index (χ2v) is 9.93. The highest BCUT2D eigenvalue weighted by Crippen LogP contribution is 2.28. The molecule has 5 aromatic rings. The summed E-state index contributed by atoms with van der Waals surface area (Å²) in [7, 11) is 0. The molecule has 0 bridgehead atoms. The van der Waals surface area contributed by atoms with Crippen molar-refractivity contribution in [3.05, 3.63) is 107 Å². The van der Waals surface area contributed by atoms with Crippen molar-refractivity contribution in [1.29, 1.82) is 0 Å². The Morgan fingerprint density at radius 3 is 2.42 bits per heavy atom. The first-order valence-electron chi connectivity index (χ1n) is 11.3. The van der Waals surface area contributed by atoms with Crippen molar-refractivity contribution >= 4 is 50.1 Å². The number of nitrogens with zero attached hydrogens (tertiary/aromatic N) is 4. The van der Waals surface area contributed by atoms with Gasteiger partial charge in [0.15, 0.2) is 11.0 Å². The number of hydrogen-bond donors (Lipinski definition) is 1. The first-order valence-corrected chi connectivity index (χ1v) is 13.1. The maximum absolute atomic E-state index is 12.6. The molecule has 6 nitrogen and oxygen atoms in total. The zero-order valence-corrected chi connectivity index (χ0v) is 21.8. The van der Waals surface area contributed by atoms with Gasteiger partial charge in [-0.2, -0.15) is 5.10 Å². The number of para-hydroxylation sites is 1. The van der Waals surface area contributed by atoms with E-state index in [-0.39, 0.29) is 11.7 Å². The maximum Gasteiger partial charge on any atom is 0.250 e. The van der Waals surface area contributed by atoms with Gasteiger partial charge in [0.25, 0.3) is 5.91 Å². The summed E-state index contributed by atoms with van der Waals surface area (Å²) in [5, 5.41) is 16.0. The van der Waals surface area contributed by atoms with E-state index in [0.717, 1.165) is 32.4 Å². The van der Waals surface area contributed by atoms with Crippen LogP contribution in [-0.2, 0) is 4.79 Å². The van der Waals surface area contributed by atoms with Crippen LogP contribution in [0.3, 0.4) is 0 Å². The first kappa shape index (κ1) is 24.0. The van der Waals surface area contributed by atoms with Crippen molar-refractivity contribution in [1.82, 2.24) is 20.2 Å². The highest BCUT2D eigenvalue weighted by atomic mass is 79.9. The Bertz CT molecular complexity index is 1550. The van der Waals surface area contributed by atoms with E-state index in [1.165, 1.54) is 17.1 Å². The van der Waals surface area contributed by atoms with E-state index in [9.17, 15) is 4.79 Å².